The highest BCUT2D eigenvalue weighted by Crippen LogP contribution is 2.18. The summed E-state index contributed by atoms with van der Waals surface area (Å²) in [6.07, 6.45) is -0.101. The molecule has 15 heavy (non-hydrogen) atoms. The standard InChI is InChI=1S/C7H12N2O6/c1-3-5-15-6(10)7(4-2,8(11)12)9(13)14/h3-5H2,1-2H3. The summed E-state index contributed by atoms with van der Waals surface area (Å²) in [5, 5.41) is 21.1. The van der Waals surface area contributed by atoms with E-state index in [1.807, 2.05) is 0 Å². The maximum absolute atomic E-state index is 11.2. The van der Waals surface area contributed by atoms with E-state index in [2.05, 4.69) is 4.74 Å². The molecular weight excluding hydrogens is 208 g/mol. The van der Waals surface area contributed by atoms with Gasteiger partial charge in [-0.1, -0.05) is 13.8 Å². The third-order valence-electron chi connectivity index (χ3n) is 1.86. The largest absolute Gasteiger partial charge is 0.552 e. The average molecular weight is 220 g/mol. The van der Waals surface area contributed by atoms with E-state index < -0.39 is 27.9 Å². The van der Waals surface area contributed by atoms with Crippen LogP contribution in [0.4, 0.5) is 0 Å². The summed E-state index contributed by atoms with van der Waals surface area (Å²) in [7, 11) is 0. The molecule has 0 aromatic heterocycles. The van der Waals surface area contributed by atoms with Crippen LogP contribution in [-0.2, 0) is 9.53 Å². The van der Waals surface area contributed by atoms with Crippen molar-refractivity contribution in [3.05, 3.63) is 20.2 Å². The molecule has 86 valence electrons. The summed E-state index contributed by atoms with van der Waals surface area (Å²) in [5.41, 5.74) is -2.87. The number of carbonyl (C=O) groups is 1. The third kappa shape index (κ3) is 2.39. The van der Waals surface area contributed by atoms with Gasteiger partial charge in [0, 0.05) is 0 Å². The number of ether oxygens (including phenoxy) is 1. The van der Waals surface area contributed by atoms with Gasteiger partial charge >= 0.3 is 11.6 Å². The van der Waals surface area contributed by atoms with E-state index in [1.54, 1.807) is 6.92 Å². The van der Waals surface area contributed by atoms with Gasteiger partial charge in [-0.05, 0) is 6.42 Å². The molecule has 0 spiro atoms. The number of nitro groups is 2. The molecule has 0 aromatic carbocycles. The molecule has 0 saturated carbocycles. The summed E-state index contributed by atoms with van der Waals surface area (Å²) in [6, 6.07) is 0. The summed E-state index contributed by atoms with van der Waals surface area (Å²) in [5.74, 6) is -1.41. The minimum absolute atomic E-state index is 0.0672. The van der Waals surface area contributed by atoms with Crippen molar-refractivity contribution in [3.8, 4) is 0 Å². The zero-order valence-electron chi connectivity index (χ0n) is 8.47. The summed E-state index contributed by atoms with van der Waals surface area (Å²) >= 11 is 0. The van der Waals surface area contributed by atoms with E-state index in [9.17, 15) is 25.0 Å². The lowest BCUT2D eigenvalue weighted by atomic mass is 10.1. The molecule has 0 bridgehead atoms. The predicted octanol–water partition coefficient (Wildman–Crippen LogP) is 0.599. The topological polar surface area (TPSA) is 113 Å². The number of rotatable bonds is 6. The maximum Gasteiger partial charge on any atom is 0.552 e. The predicted molar refractivity (Wildman–Crippen MR) is 48.3 cm³/mol. The van der Waals surface area contributed by atoms with E-state index in [-0.39, 0.29) is 6.61 Å². The van der Waals surface area contributed by atoms with Crippen LogP contribution in [-0.4, -0.2) is 28.1 Å². The minimum atomic E-state index is -2.87. The molecule has 0 fully saturated rings. The molecule has 0 aliphatic carbocycles. The van der Waals surface area contributed by atoms with E-state index in [0.29, 0.717) is 6.42 Å². The monoisotopic (exact) mass is 220 g/mol. The van der Waals surface area contributed by atoms with Crippen LogP contribution in [0.5, 0.6) is 0 Å². The van der Waals surface area contributed by atoms with Gasteiger partial charge in [-0.15, -0.1) is 0 Å². The Bertz CT molecular complexity index is 263. The zero-order chi connectivity index (χ0) is 12.1. The number of carbonyl (C=O) groups excluding carboxylic acids is 1. The van der Waals surface area contributed by atoms with Gasteiger partial charge in [-0.25, -0.2) is 4.79 Å². The van der Waals surface area contributed by atoms with Crippen LogP contribution in [0.15, 0.2) is 0 Å². The van der Waals surface area contributed by atoms with Crippen molar-refractivity contribution in [1.82, 2.24) is 0 Å². The second kappa shape index (κ2) is 5.23. The molecule has 0 atom stereocenters. The second-order valence-corrected chi connectivity index (χ2v) is 2.82. The number of hydrogen-bond donors (Lipinski definition) is 0. The molecule has 0 aliphatic heterocycles. The minimum Gasteiger partial charge on any atom is -0.455 e. The van der Waals surface area contributed by atoms with Gasteiger partial charge < -0.3 is 4.74 Å². The van der Waals surface area contributed by atoms with Crippen molar-refractivity contribution >= 4 is 5.97 Å². The Labute approximate surface area is 85.5 Å². The molecule has 0 aromatic rings. The van der Waals surface area contributed by atoms with E-state index in [1.165, 1.54) is 6.92 Å². The van der Waals surface area contributed by atoms with E-state index in [4.69, 9.17) is 0 Å². The Hall–Kier alpha value is -1.73. The van der Waals surface area contributed by atoms with Crippen LogP contribution >= 0.6 is 0 Å². The van der Waals surface area contributed by atoms with Gasteiger partial charge in [-0.2, -0.15) is 0 Å². The molecule has 0 aliphatic rings. The molecule has 0 radical (unpaired) electrons. The maximum atomic E-state index is 11.2. The SMILES string of the molecule is CCCOC(=O)C(CC)([N+](=O)[O-])[N+](=O)[O-]. The van der Waals surface area contributed by atoms with Crippen LogP contribution in [0.25, 0.3) is 0 Å². The fraction of sp³-hybridized carbons (Fsp3) is 0.857. The van der Waals surface area contributed by atoms with Crippen molar-refractivity contribution in [1.29, 1.82) is 0 Å². The fourth-order valence-electron chi connectivity index (χ4n) is 0.929. The highest BCUT2D eigenvalue weighted by molar-refractivity contribution is 5.77. The van der Waals surface area contributed by atoms with Crippen molar-refractivity contribution in [3.63, 3.8) is 0 Å². The fourth-order valence-corrected chi connectivity index (χ4v) is 0.929. The van der Waals surface area contributed by atoms with Crippen LogP contribution in [0, 0.1) is 20.2 Å². The summed E-state index contributed by atoms with van der Waals surface area (Å²) < 4.78 is 4.45. The Balaban J connectivity index is 5.00. The third-order valence-corrected chi connectivity index (χ3v) is 1.86. The smallest absolute Gasteiger partial charge is 0.455 e. The lowest BCUT2D eigenvalue weighted by Gasteiger charge is -2.13. The van der Waals surface area contributed by atoms with Crippen LogP contribution in [0.3, 0.4) is 0 Å². The first-order chi connectivity index (χ1) is 6.93. The molecule has 0 rings (SSSR count). The lowest BCUT2D eigenvalue weighted by molar-refractivity contribution is -0.778. The van der Waals surface area contributed by atoms with Gasteiger partial charge in [0.25, 0.3) is 0 Å². The van der Waals surface area contributed by atoms with Crippen molar-refractivity contribution in [2.45, 2.75) is 32.4 Å². The Morgan fingerprint density at radius 1 is 1.27 bits per heavy atom. The first-order valence-corrected chi connectivity index (χ1v) is 4.39. The van der Waals surface area contributed by atoms with E-state index in [0.717, 1.165) is 0 Å². The Morgan fingerprint density at radius 2 is 1.73 bits per heavy atom. The summed E-state index contributed by atoms with van der Waals surface area (Å²) in [4.78, 5) is 29.9. The molecule has 0 N–H and O–H groups in total. The van der Waals surface area contributed by atoms with Crippen molar-refractivity contribution in [2.75, 3.05) is 6.61 Å². The first-order valence-electron chi connectivity index (χ1n) is 4.39. The van der Waals surface area contributed by atoms with Gasteiger partial charge in [-0.3, -0.25) is 20.2 Å². The first kappa shape index (κ1) is 13.3. The van der Waals surface area contributed by atoms with Gasteiger partial charge in [0.2, 0.25) is 0 Å². The average Bonchev–Trinajstić information content (AvgIpc) is 2.15. The molecule has 0 heterocycles. The zero-order valence-corrected chi connectivity index (χ0v) is 8.47. The van der Waals surface area contributed by atoms with E-state index >= 15 is 0 Å². The highest BCUT2D eigenvalue weighted by atomic mass is 16.7. The molecule has 0 amide bonds. The number of esters is 1. The molecule has 8 nitrogen and oxygen atoms in total. The van der Waals surface area contributed by atoms with Crippen LogP contribution < -0.4 is 0 Å². The van der Waals surface area contributed by atoms with Gasteiger partial charge in [0.1, 0.15) is 9.85 Å². The normalized spacial score (nSPS) is 10.8. The lowest BCUT2D eigenvalue weighted by Crippen LogP contribution is -2.53. The molecular formula is C7H12N2O6. The number of nitrogens with zero attached hydrogens (tertiary/aromatic N) is 2. The summed E-state index contributed by atoms with van der Waals surface area (Å²) in [6.45, 7) is 2.81. The van der Waals surface area contributed by atoms with Crippen LogP contribution in [0.2, 0.25) is 0 Å². The van der Waals surface area contributed by atoms with Crippen molar-refractivity contribution in [2.24, 2.45) is 0 Å². The molecule has 0 saturated heterocycles. The van der Waals surface area contributed by atoms with Crippen LogP contribution in [0.1, 0.15) is 26.7 Å². The number of hydrogen-bond acceptors (Lipinski definition) is 6. The van der Waals surface area contributed by atoms with Gasteiger partial charge in [0.05, 0.1) is 13.0 Å². The quantitative estimate of drug-likeness (QED) is 0.280. The Morgan fingerprint density at radius 3 is 2.00 bits per heavy atom. The highest BCUT2D eigenvalue weighted by Gasteiger charge is 2.64. The molecule has 8 heteroatoms. The second-order valence-electron chi connectivity index (χ2n) is 2.82. The van der Waals surface area contributed by atoms with Crippen molar-refractivity contribution < 1.29 is 19.4 Å². The molecule has 0 unspecified atom stereocenters. The Kier molecular flexibility index (Phi) is 4.62. The van der Waals surface area contributed by atoms with Gasteiger partial charge in [0.15, 0.2) is 0 Å².